The van der Waals surface area contributed by atoms with Gasteiger partial charge < -0.3 is 9.47 Å². The zero-order valence-corrected chi connectivity index (χ0v) is 14.8. The maximum absolute atomic E-state index is 14.0. The molecule has 2 aromatic rings. The van der Waals surface area contributed by atoms with Crippen molar-refractivity contribution in [3.05, 3.63) is 48.0 Å². The molecule has 0 spiro atoms. The summed E-state index contributed by atoms with van der Waals surface area (Å²) < 4.78 is 37.7. The molecule has 9 heteroatoms. The summed E-state index contributed by atoms with van der Waals surface area (Å²) in [5.41, 5.74) is 0. The molecule has 2 aromatic carbocycles. The van der Waals surface area contributed by atoms with Crippen molar-refractivity contribution in [1.82, 2.24) is 0 Å². The predicted octanol–water partition coefficient (Wildman–Crippen LogP) is 4.40. The van der Waals surface area contributed by atoms with E-state index in [9.17, 15) is 18.4 Å². The lowest BCUT2D eigenvalue weighted by molar-refractivity contribution is -0.132. The summed E-state index contributed by atoms with van der Waals surface area (Å²) in [5.74, 6) is -4.90. The van der Waals surface area contributed by atoms with E-state index in [2.05, 4.69) is 0 Å². The molecule has 0 aromatic heterocycles. The highest BCUT2D eigenvalue weighted by molar-refractivity contribution is 7.99. The Morgan fingerprint density at radius 3 is 1.60 bits per heavy atom. The number of carbonyl (C=O) groups excluding carboxylic acids is 2. The molecular formula is C16H10Cl2F2O4S. The quantitative estimate of drug-likeness (QED) is 0.404. The van der Waals surface area contributed by atoms with Gasteiger partial charge in [-0.15, -0.1) is 23.2 Å². The first-order chi connectivity index (χ1) is 12.0. The second kappa shape index (κ2) is 9.03. The third-order valence-corrected chi connectivity index (χ3v) is 4.25. The van der Waals surface area contributed by atoms with Crippen molar-refractivity contribution in [3.63, 3.8) is 0 Å². The number of alkyl halides is 2. The number of ether oxygens (including phenoxy) is 2. The van der Waals surface area contributed by atoms with E-state index in [1.54, 1.807) is 0 Å². The summed E-state index contributed by atoms with van der Waals surface area (Å²) in [6.45, 7) is 0. The molecule has 0 aliphatic heterocycles. The third-order valence-electron chi connectivity index (χ3n) is 2.73. The molecule has 0 bridgehead atoms. The molecule has 0 atom stereocenters. The van der Waals surface area contributed by atoms with Crippen LogP contribution >= 0.6 is 35.0 Å². The van der Waals surface area contributed by atoms with E-state index in [0.717, 1.165) is 23.9 Å². The van der Waals surface area contributed by atoms with Gasteiger partial charge in [0.15, 0.2) is 23.1 Å². The Labute approximate surface area is 156 Å². The van der Waals surface area contributed by atoms with E-state index in [4.69, 9.17) is 32.7 Å². The molecule has 0 unspecified atom stereocenters. The summed E-state index contributed by atoms with van der Waals surface area (Å²) >= 11 is 11.6. The van der Waals surface area contributed by atoms with Crippen molar-refractivity contribution in [2.24, 2.45) is 0 Å². The Bertz CT molecular complexity index is 736. The average Bonchev–Trinajstić information content (AvgIpc) is 2.60. The molecule has 4 nitrogen and oxygen atoms in total. The maximum atomic E-state index is 14.0. The van der Waals surface area contributed by atoms with Gasteiger partial charge in [0.05, 0.1) is 9.79 Å². The molecule has 0 saturated heterocycles. The Hall–Kier alpha value is -1.83. The van der Waals surface area contributed by atoms with Gasteiger partial charge in [-0.2, -0.15) is 0 Å². The summed E-state index contributed by atoms with van der Waals surface area (Å²) in [5, 5.41) is 0. The van der Waals surface area contributed by atoms with E-state index < -0.39 is 35.3 Å². The molecule has 0 amide bonds. The zero-order chi connectivity index (χ0) is 18.4. The van der Waals surface area contributed by atoms with Gasteiger partial charge in [0, 0.05) is 0 Å². The van der Waals surface area contributed by atoms with Crippen LogP contribution in [-0.2, 0) is 9.59 Å². The van der Waals surface area contributed by atoms with Gasteiger partial charge in [0.25, 0.3) is 0 Å². The van der Waals surface area contributed by atoms with E-state index in [1.165, 1.54) is 24.3 Å². The standard InChI is InChI=1S/C16H10Cl2F2O4S/c17-7-13(21)23-15-9(19)3-1-5-11(15)25-12-6-2-4-10(20)16(12)24-14(22)8-18/h1-6H,7-8H2. The first-order valence-electron chi connectivity index (χ1n) is 6.74. The van der Waals surface area contributed by atoms with Crippen LogP contribution in [0, 0.1) is 11.6 Å². The van der Waals surface area contributed by atoms with E-state index in [0.29, 0.717) is 0 Å². The van der Waals surface area contributed by atoms with Crippen LogP contribution in [0.15, 0.2) is 46.2 Å². The zero-order valence-electron chi connectivity index (χ0n) is 12.4. The van der Waals surface area contributed by atoms with Crippen LogP contribution < -0.4 is 9.47 Å². The summed E-state index contributed by atoms with van der Waals surface area (Å²) in [6, 6.07) is 7.89. The van der Waals surface area contributed by atoms with Crippen molar-refractivity contribution in [3.8, 4) is 11.5 Å². The minimum Gasteiger partial charge on any atom is -0.421 e. The van der Waals surface area contributed by atoms with Crippen molar-refractivity contribution < 1.29 is 27.8 Å². The molecule has 0 N–H and O–H groups in total. The Kier molecular flexibility index (Phi) is 7.04. The van der Waals surface area contributed by atoms with Crippen molar-refractivity contribution >= 4 is 46.9 Å². The van der Waals surface area contributed by atoms with Crippen molar-refractivity contribution in [2.45, 2.75) is 9.79 Å². The van der Waals surface area contributed by atoms with E-state index in [-0.39, 0.29) is 21.3 Å². The van der Waals surface area contributed by atoms with Crippen LogP contribution in [0.5, 0.6) is 11.5 Å². The highest BCUT2D eigenvalue weighted by atomic mass is 35.5. The van der Waals surface area contributed by atoms with Crippen LogP contribution in [0.4, 0.5) is 8.78 Å². The first-order valence-corrected chi connectivity index (χ1v) is 8.63. The maximum Gasteiger partial charge on any atom is 0.326 e. The van der Waals surface area contributed by atoms with Crippen LogP contribution in [0.2, 0.25) is 0 Å². The second-order valence-corrected chi connectivity index (χ2v) is 6.07. The predicted molar refractivity (Wildman–Crippen MR) is 89.6 cm³/mol. The molecule has 25 heavy (non-hydrogen) atoms. The van der Waals surface area contributed by atoms with E-state index >= 15 is 0 Å². The second-order valence-electron chi connectivity index (χ2n) is 4.45. The van der Waals surface area contributed by atoms with Gasteiger partial charge in [0.1, 0.15) is 11.8 Å². The molecule has 0 saturated carbocycles. The fraction of sp³-hybridized carbons (Fsp3) is 0.125. The highest BCUT2D eigenvalue weighted by Gasteiger charge is 2.19. The number of carbonyl (C=O) groups is 2. The molecule has 132 valence electrons. The molecule has 0 aliphatic carbocycles. The van der Waals surface area contributed by atoms with Crippen LogP contribution in [0.1, 0.15) is 0 Å². The number of hydrogen-bond donors (Lipinski definition) is 0. The Balaban J connectivity index is 2.40. The minimum absolute atomic E-state index is 0.173. The number of para-hydroxylation sites is 2. The Morgan fingerprint density at radius 1 is 0.840 bits per heavy atom. The number of esters is 2. The lowest BCUT2D eigenvalue weighted by Crippen LogP contribution is -2.11. The number of rotatable bonds is 6. The fourth-order valence-corrected chi connectivity index (χ4v) is 2.84. The van der Waals surface area contributed by atoms with Crippen molar-refractivity contribution in [2.75, 3.05) is 11.8 Å². The smallest absolute Gasteiger partial charge is 0.326 e. The molecular weight excluding hydrogens is 397 g/mol. The highest BCUT2D eigenvalue weighted by Crippen LogP contribution is 2.41. The molecule has 2 rings (SSSR count). The Morgan fingerprint density at radius 2 is 1.24 bits per heavy atom. The van der Waals surface area contributed by atoms with E-state index in [1.807, 2.05) is 0 Å². The van der Waals surface area contributed by atoms with Crippen LogP contribution in [0.25, 0.3) is 0 Å². The van der Waals surface area contributed by atoms with Gasteiger partial charge in [0.2, 0.25) is 0 Å². The lowest BCUT2D eigenvalue weighted by Gasteiger charge is -2.13. The topological polar surface area (TPSA) is 52.6 Å². The SMILES string of the molecule is O=C(CCl)Oc1c(F)cccc1Sc1cccc(F)c1OC(=O)CCl. The number of benzene rings is 2. The molecule has 0 radical (unpaired) electrons. The number of halogens is 4. The van der Waals surface area contributed by atoms with Crippen molar-refractivity contribution in [1.29, 1.82) is 0 Å². The summed E-state index contributed by atoms with van der Waals surface area (Å²) in [7, 11) is 0. The fourth-order valence-electron chi connectivity index (χ4n) is 1.74. The monoisotopic (exact) mass is 406 g/mol. The van der Waals surface area contributed by atoms with Gasteiger partial charge in [-0.3, -0.25) is 9.59 Å². The lowest BCUT2D eigenvalue weighted by atomic mass is 10.3. The molecule has 0 aliphatic rings. The normalized spacial score (nSPS) is 10.4. The van der Waals surface area contributed by atoms with Gasteiger partial charge in [-0.05, 0) is 24.3 Å². The van der Waals surface area contributed by atoms with Crippen LogP contribution in [-0.4, -0.2) is 23.7 Å². The first kappa shape index (κ1) is 19.5. The molecule has 0 heterocycles. The van der Waals surface area contributed by atoms with Gasteiger partial charge >= 0.3 is 11.9 Å². The minimum atomic E-state index is -0.846. The third kappa shape index (κ3) is 5.07. The van der Waals surface area contributed by atoms with Gasteiger partial charge in [-0.25, -0.2) is 8.78 Å². The van der Waals surface area contributed by atoms with Crippen LogP contribution in [0.3, 0.4) is 0 Å². The average molecular weight is 407 g/mol. The molecule has 0 fully saturated rings. The largest absolute Gasteiger partial charge is 0.421 e. The summed E-state index contributed by atoms with van der Waals surface area (Å²) in [6.07, 6.45) is 0. The summed E-state index contributed by atoms with van der Waals surface area (Å²) in [4.78, 5) is 23.1. The number of hydrogen-bond acceptors (Lipinski definition) is 5. The van der Waals surface area contributed by atoms with Gasteiger partial charge in [-0.1, -0.05) is 23.9 Å².